The summed E-state index contributed by atoms with van der Waals surface area (Å²) in [5.74, 6) is -0.984. The topological polar surface area (TPSA) is 133 Å². The molecule has 0 aliphatic carbocycles. The lowest BCUT2D eigenvalue weighted by molar-refractivity contribution is -0.120. The van der Waals surface area contributed by atoms with E-state index in [0.717, 1.165) is 11.3 Å². The number of H-pyrrole nitrogens is 1. The SMILES string of the molecule is CNC(=O)CCc1ccc(O)c(C(=O)Nc2n[nH]c(=S)s2)c1N. The number of aromatic hydroxyl groups is 1. The molecular formula is C13H15N5O3S2. The van der Waals surface area contributed by atoms with Gasteiger partial charge in [0.15, 0.2) is 3.95 Å². The first kappa shape index (κ1) is 16.9. The lowest BCUT2D eigenvalue weighted by Crippen LogP contribution is -2.19. The molecule has 0 fully saturated rings. The van der Waals surface area contributed by atoms with Crippen LogP contribution in [0.25, 0.3) is 0 Å². The highest BCUT2D eigenvalue weighted by atomic mass is 32.1. The number of aryl methyl sites for hydroxylation is 1. The van der Waals surface area contributed by atoms with Crippen molar-refractivity contribution in [3.63, 3.8) is 0 Å². The van der Waals surface area contributed by atoms with Crippen LogP contribution in [0, 0.1) is 3.95 Å². The van der Waals surface area contributed by atoms with Crippen molar-refractivity contribution in [2.45, 2.75) is 12.8 Å². The van der Waals surface area contributed by atoms with Crippen LogP contribution in [-0.4, -0.2) is 34.2 Å². The molecule has 2 amide bonds. The predicted molar refractivity (Wildman–Crippen MR) is 90.2 cm³/mol. The summed E-state index contributed by atoms with van der Waals surface area (Å²) < 4.78 is 0.414. The fourth-order valence-corrected chi connectivity index (χ4v) is 2.71. The van der Waals surface area contributed by atoms with Crippen molar-refractivity contribution in [2.24, 2.45) is 0 Å². The van der Waals surface area contributed by atoms with Crippen LogP contribution in [0.3, 0.4) is 0 Å². The number of aromatic amines is 1. The van der Waals surface area contributed by atoms with Crippen molar-refractivity contribution in [3.05, 3.63) is 27.2 Å². The Bertz CT molecular complexity index is 799. The molecule has 8 nitrogen and oxygen atoms in total. The highest BCUT2D eigenvalue weighted by Crippen LogP contribution is 2.29. The molecule has 1 aromatic carbocycles. The second-order valence-electron chi connectivity index (χ2n) is 4.58. The average molecular weight is 353 g/mol. The van der Waals surface area contributed by atoms with Crippen LogP contribution in [0.5, 0.6) is 5.75 Å². The summed E-state index contributed by atoms with van der Waals surface area (Å²) >= 11 is 5.97. The minimum absolute atomic E-state index is 0.0551. The zero-order valence-corrected chi connectivity index (χ0v) is 13.8. The van der Waals surface area contributed by atoms with Gasteiger partial charge in [-0.15, -0.1) is 5.10 Å². The van der Waals surface area contributed by atoms with Gasteiger partial charge in [-0.25, -0.2) is 0 Å². The highest BCUT2D eigenvalue weighted by Gasteiger charge is 2.19. The molecule has 10 heteroatoms. The summed E-state index contributed by atoms with van der Waals surface area (Å²) in [5, 5.41) is 21.6. The van der Waals surface area contributed by atoms with E-state index in [0.29, 0.717) is 15.9 Å². The maximum absolute atomic E-state index is 12.3. The van der Waals surface area contributed by atoms with E-state index in [1.165, 1.54) is 6.07 Å². The van der Waals surface area contributed by atoms with Gasteiger partial charge in [-0.05, 0) is 30.3 Å². The number of amides is 2. The van der Waals surface area contributed by atoms with Crippen molar-refractivity contribution < 1.29 is 14.7 Å². The number of benzene rings is 1. The van der Waals surface area contributed by atoms with Crippen LogP contribution in [0.1, 0.15) is 22.3 Å². The second-order valence-corrected chi connectivity index (χ2v) is 6.24. The van der Waals surface area contributed by atoms with Crippen LogP contribution in [0.4, 0.5) is 10.8 Å². The molecule has 0 saturated carbocycles. The first-order valence-corrected chi connectivity index (χ1v) is 7.82. The van der Waals surface area contributed by atoms with E-state index in [9.17, 15) is 14.7 Å². The number of phenols is 1. The first-order chi connectivity index (χ1) is 10.9. The fourth-order valence-electron chi connectivity index (χ4n) is 1.92. The Morgan fingerprint density at radius 1 is 1.48 bits per heavy atom. The molecule has 23 heavy (non-hydrogen) atoms. The molecule has 2 aromatic rings. The van der Waals surface area contributed by atoms with E-state index in [-0.39, 0.29) is 34.5 Å². The Labute approximate surface area is 140 Å². The molecule has 0 bridgehead atoms. The zero-order valence-electron chi connectivity index (χ0n) is 12.2. The average Bonchev–Trinajstić information content (AvgIpc) is 2.91. The van der Waals surface area contributed by atoms with Gasteiger partial charge < -0.3 is 16.2 Å². The predicted octanol–water partition coefficient (Wildman–Crippen LogP) is 1.42. The van der Waals surface area contributed by atoms with Gasteiger partial charge in [0, 0.05) is 13.5 Å². The Hall–Kier alpha value is -2.46. The summed E-state index contributed by atoms with van der Waals surface area (Å²) in [6.45, 7) is 0. The number of anilines is 2. The van der Waals surface area contributed by atoms with E-state index in [1.54, 1.807) is 13.1 Å². The van der Waals surface area contributed by atoms with Gasteiger partial charge in [0.1, 0.15) is 11.3 Å². The van der Waals surface area contributed by atoms with E-state index in [4.69, 9.17) is 18.0 Å². The number of hydrogen-bond donors (Lipinski definition) is 5. The summed E-state index contributed by atoms with van der Waals surface area (Å²) in [7, 11) is 1.54. The Kier molecular flexibility index (Phi) is 5.29. The standard InChI is InChI=1S/C13H15N5O3S2/c1-15-8(20)5-3-6-2-4-7(19)9(10(6)14)11(21)16-12-17-18-13(22)23-12/h2,4,19H,3,5,14H2,1H3,(H,15,20)(H,18,22)(H,16,17,21). The van der Waals surface area contributed by atoms with E-state index < -0.39 is 5.91 Å². The molecule has 2 rings (SSSR count). The molecule has 1 aromatic heterocycles. The molecule has 0 radical (unpaired) electrons. The molecule has 0 aliphatic rings. The number of nitrogens with one attached hydrogen (secondary N) is 3. The number of nitrogen functional groups attached to an aromatic ring is 1. The highest BCUT2D eigenvalue weighted by molar-refractivity contribution is 7.73. The Morgan fingerprint density at radius 3 is 2.83 bits per heavy atom. The van der Waals surface area contributed by atoms with Crippen molar-refractivity contribution >= 4 is 46.2 Å². The van der Waals surface area contributed by atoms with Gasteiger partial charge in [0.05, 0.1) is 5.69 Å². The molecule has 6 N–H and O–H groups in total. The third-order valence-electron chi connectivity index (χ3n) is 3.10. The van der Waals surface area contributed by atoms with Crippen LogP contribution in [0.15, 0.2) is 12.1 Å². The summed E-state index contributed by atoms with van der Waals surface area (Å²) in [4.78, 5) is 23.6. The van der Waals surface area contributed by atoms with Crippen molar-refractivity contribution in [2.75, 3.05) is 18.1 Å². The third kappa shape index (κ3) is 4.05. The second kappa shape index (κ2) is 7.20. The quantitative estimate of drug-likeness (QED) is 0.408. The van der Waals surface area contributed by atoms with Gasteiger partial charge in [0.2, 0.25) is 11.0 Å². The number of carbonyl (C=O) groups excluding carboxylic acids is 2. The third-order valence-corrected chi connectivity index (χ3v) is 4.10. The molecular weight excluding hydrogens is 338 g/mol. The minimum atomic E-state index is -0.598. The van der Waals surface area contributed by atoms with E-state index in [2.05, 4.69) is 20.8 Å². The van der Waals surface area contributed by atoms with Crippen molar-refractivity contribution in [3.8, 4) is 5.75 Å². The number of carbonyl (C=O) groups is 2. The number of nitrogens with two attached hydrogens (primary N) is 1. The fraction of sp³-hybridized carbons (Fsp3) is 0.231. The molecule has 0 aliphatic heterocycles. The maximum Gasteiger partial charge on any atom is 0.263 e. The van der Waals surface area contributed by atoms with Crippen molar-refractivity contribution in [1.82, 2.24) is 15.5 Å². The number of aromatic nitrogens is 2. The molecule has 0 spiro atoms. The van der Waals surface area contributed by atoms with Gasteiger partial charge in [0.25, 0.3) is 5.91 Å². The summed E-state index contributed by atoms with van der Waals surface area (Å²) in [5.41, 5.74) is 6.65. The molecule has 0 atom stereocenters. The van der Waals surface area contributed by atoms with Gasteiger partial charge in [-0.3, -0.25) is 20.0 Å². The molecule has 1 heterocycles. The van der Waals surface area contributed by atoms with Crippen LogP contribution >= 0.6 is 23.6 Å². The maximum atomic E-state index is 12.3. The molecule has 0 saturated heterocycles. The van der Waals surface area contributed by atoms with Gasteiger partial charge in [-0.1, -0.05) is 17.4 Å². The number of hydrogen-bond acceptors (Lipinski definition) is 7. The Balaban J connectivity index is 2.24. The van der Waals surface area contributed by atoms with E-state index in [1.807, 2.05) is 0 Å². The molecule has 122 valence electrons. The number of rotatable bonds is 5. The normalized spacial score (nSPS) is 10.3. The van der Waals surface area contributed by atoms with E-state index >= 15 is 0 Å². The lowest BCUT2D eigenvalue weighted by atomic mass is 10.0. The summed E-state index contributed by atoms with van der Waals surface area (Å²) in [6, 6.07) is 2.96. The van der Waals surface area contributed by atoms with Gasteiger partial charge >= 0.3 is 0 Å². The van der Waals surface area contributed by atoms with Crippen LogP contribution in [-0.2, 0) is 11.2 Å². The summed E-state index contributed by atoms with van der Waals surface area (Å²) in [6.07, 6.45) is 0.584. The Morgan fingerprint density at radius 2 is 2.22 bits per heavy atom. The number of phenolic OH excluding ortho intramolecular Hbond substituents is 1. The zero-order chi connectivity index (χ0) is 17.0. The molecule has 0 unspecified atom stereocenters. The number of nitrogens with zero attached hydrogens (tertiary/aromatic N) is 1. The lowest BCUT2D eigenvalue weighted by Gasteiger charge is -2.12. The largest absolute Gasteiger partial charge is 0.507 e. The van der Waals surface area contributed by atoms with Gasteiger partial charge in [-0.2, -0.15) is 0 Å². The first-order valence-electron chi connectivity index (χ1n) is 6.60. The monoisotopic (exact) mass is 353 g/mol. The van der Waals surface area contributed by atoms with Crippen molar-refractivity contribution in [1.29, 1.82) is 0 Å². The smallest absolute Gasteiger partial charge is 0.263 e. The minimum Gasteiger partial charge on any atom is -0.507 e. The van der Waals surface area contributed by atoms with Crippen LogP contribution < -0.4 is 16.4 Å². The van der Waals surface area contributed by atoms with Crippen LogP contribution in [0.2, 0.25) is 0 Å².